The van der Waals surface area contributed by atoms with Crippen LogP contribution in [0.1, 0.15) is 24.5 Å². The van der Waals surface area contributed by atoms with Gasteiger partial charge in [-0.2, -0.15) is 0 Å². The number of benzene rings is 1. The van der Waals surface area contributed by atoms with Gasteiger partial charge in [0.1, 0.15) is 0 Å². The molecule has 0 saturated carbocycles. The number of terminal acetylenes is 1. The van der Waals surface area contributed by atoms with Gasteiger partial charge in [0.15, 0.2) is 0 Å². The number of aromatic nitrogens is 1. The van der Waals surface area contributed by atoms with Gasteiger partial charge in [-0.3, -0.25) is 4.98 Å². The lowest BCUT2D eigenvalue weighted by Gasteiger charge is -2.11. The van der Waals surface area contributed by atoms with Crippen LogP contribution >= 0.6 is 0 Å². The van der Waals surface area contributed by atoms with E-state index in [0.717, 1.165) is 16.5 Å². The Morgan fingerprint density at radius 1 is 1.31 bits per heavy atom. The molecule has 1 N–H and O–H groups in total. The predicted octanol–water partition coefficient (Wildman–Crippen LogP) is 2.68. The Morgan fingerprint density at radius 2 is 2.12 bits per heavy atom. The average Bonchev–Trinajstić information content (AvgIpc) is 2.35. The van der Waals surface area contributed by atoms with Gasteiger partial charge < -0.3 is 5.11 Å². The normalized spacial score (nSPS) is 12.2. The first kappa shape index (κ1) is 10.7. The fourth-order valence-electron chi connectivity index (χ4n) is 1.78. The zero-order valence-corrected chi connectivity index (χ0v) is 8.93. The SMILES string of the molecule is C#CCCC(O)c1ccnc2ccccc12. The van der Waals surface area contributed by atoms with Crippen molar-refractivity contribution in [1.29, 1.82) is 0 Å². The van der Waals surface area contributed by atoms with Crippen LogP contribution < -0.4 is 0 Å². The highest BCUT2D eigenvalue weighted by Crippen LogP contribution is 2.25. The molecule has 0 amide bonds. The van der Waals surface area contributed by atoms with Gasteiger partial charge in [0.2, 0.25) is 0 Å². The summed E-state index contributed by atoms with van der Waals surface area (Å²) in [5.74, 6) is 2.54. The molecule has 16 heavy (non-hydrogen) atoms. The van der Waals surface area contributed by atoms with E-state index in [1.165, 1.54) is 0 Å². The van der Waals surface area contributed by atoms with Gasteiger partial charge in [-0.25, -0.2) is 0 Å². The summed E-state index contributed by atoms with van der Waals surface area (Å²) in [5.41, 5.74) is 1.81. The molecule has 0 saturated heterocycles. The van der Waals surface area contributed by atoms with E-state index in [-0.39, 0.29) is 0 Å². The molecule has 0 radical (unpaired) electrons. The Kier molecular flexibility index (Phi) is 3.19. The smallest absolute Gasteiger partial charge is 0.0806 e. The van der Waals surface area contributed by atoms with Crippen LogP contribution in [0, 0.1) is 12.3 Å². The van der Waals surface area contributed by atoms with Crippen molar-refractivity contribution < 1.29 is 5.11 Å². The van der Waals surface area contributed by atoms with Crippen LogP contribution in [0.25, 0.3) is 10.9 Å². The van der Waals surface area contributed by atoms with E-state index < -0.39 is 6.10 Å². The lowest BCUT2D eigenvalue weighted by Crippen LogP contribution is -1.98. The quantitative estimate of drug-likeness (QED) is 0.792. The van der Waals surface area contributed by atoms with Crippen LogP contribution in [-0.4, -0.2) is 10.1 Å². The molecule has 1 heterocycles. The zero-order chi connectivity index (χ0) is 11.4. The Morgan fingerprint density at radius 3 is 2.94 bits per heavy atom. The van der Waals surface area contributed by atoms with Gasteiger partial charge >= 0.3 is 0 Å². The second kappa shape index (κ2) is 4.78. The van der Waals surface area contributed by atoms with E-state index in [9.17, 15) is 5.11 Å². The molecule has 80 valence electrons. The molecule has 0 fully saturated rings. The first-order chi connectivity index (χ1) is 7.83. The van der Waals surface area contributed by atoms with Gasteiger partial charge in [0, 0.05) is 18.0 Å². The van der Waals surface area contributed by atoms with Crippen molar-refractivity contribution in [2.45, 2.75) is 18.9 Å². The minimum atomic E-state index is -0.510. The molecule has 1 unspecified atom stereocenters. The molecular weight excluding hydrogens is 198 g/mol. The zero-order valence-electron chi connectivity index (χ0n) is 8.93. The van der Waals surface area contributed by atoms with Crippen LogP contribution in [0.2, 0.25) is 0 Å². The number of nitrogens with zero attached hydrogens (tertiary/aromatic N) is 1. The van der Waals surface area contributed by atoms with E-state index in [2.05, 4.69) is 10.9 Å². The monoisotopic (exact) mass is 211 g/mol. The number of para-hydroxylation sites is 1. The maximum Gasteiger partial charge on any atom is 0.0806 e. The van der Waals surface area contributed by atoms with Crippen LogP contribution in [-0.2, 0) is 0 Å². The maximum atomic E-state index is 10.0. The Labute approximate surface area is 95.0 Å². The first-order valence-electron chi connectivity index (χ1n) is 5.28. The summed E-state index contributed by atoms with van der Waals surface area (Å²) in [4.78, 5) is 4.25. The number of hydrogen-bond donors (Lipinski definition) is 1. The van der Waals surface area contributed by atoms with Crippen LogP contribution in [0.4, 0.5) is 0 Å². The van der Waals surface area contributed by atoms with Gasteiger partial charge in [-0.15, -0.1) is 12.3 Å². The lowest BCUT2D eigenvalue weighted by atomic mass is 10.0. The van der Waals surface area contributed by atoms with Gasteiger partial charge in [0.25, 0.3) is 0 Å². The third-order valence-corrected chi connectivity index (χ3v) is 2.60. The van der Waals surface area contributed by atoms with Crippen molar-refractivity contribution in [3.8, 4) is 12.3 Å². The summed E-state index contributed by atoms with van der Waals surface area (Å²) in [7, 11) is 0. The van der Waals surface area contributed by atoms with Gasteiger partial charge in [0.05, 0.1) is 11.6 Å². The molecule has 0 spiro atoms. The average molecular weight is 211 g/mol. The molecule has 2 aromatic rings. The topological polar surface area (TPSA) is 33.1 Å². The molecular formula is C14H13NO. The Hall–Kier alpha value is -1.85. The molecule has 0 aliphatic heterocycles. The third kappa shape index (κ3) is 2.05. The molecule has 1 aromatic heterocycles. The molecule has 2 rings (SSSR count). The lowest BCUT2D eigenvalue weighted by molar-refractivity contribution is 0.171. The second-order valence-electron chi connectivity index (χ2n) is 3.68. The van der Waals surface area contributed by atoms with E-state index in [1.807, 2.05) is 30.3 Å². The number of aliphatic hydroxyl groups excluding tert-OH is 1. The Bertz CT molecular complexity index is 522. The molecule has 0 aliphatic rings. The predicted molar refractivity (Wildman–Crippen MR) is 64.8 cm³/mol. The number of aliphatic hydroxyl groups is 1. The summed E-state index contributed by atoms with van der Waals surface area (Å²) < 4.78 is 0. The highest BCUT2D eigenvalue weighted by Gasteiger charge is 2.10. The summed E-state index contributed by atoms with van der Waals surface area (Å²) in [6, 6.07) is 9.64. The third-order valence-electron chi connectivity index (χ3n) is 2.60. The molecule has 2 nitrogen and oxygen atoms in total. The molecule has 1 aromatic carbocycles. The maximum absolute atomic E-state index is 10.0. The van der Waals surface area contributed by atoms with Gasteiger partial charge in [-0.05, 0) is 24.1 Å². The fraction of sp³-hybridized carbons (Fsp3) is 0.214. The van der Waals surface area contributed by atoms with E-state index >= 15 is 0 Å². The molecule has 1 atom stereocenters. The first-order valence-corrected chi connectivity index (χ1v) is 5.28. The van der Waals surface area contributed by atoms with Crippen LogP contribution in [0.15, 0.2) is 36.5 Å². The standard InChI is InChI=1S/C14H13NO/c1-2-3-8-14(16)12-9-10-15-13-7-5-4-6-11(12)13/h1,4-7,9-10,14,16H,3,8H2. The van der Waals surface area contributed by atoms with Crippen LogP contribution in [0.5, 0.6) is 0 Å². The van der Waals surface area contributed by atoms with E-state index in [4.69, 9.17) is 6.42 Å². The summed E-state index contributed by atoms with van der Waals surface area (Å²) >= 11 is 0. The molecule has 0 aliphatic carbocycles. The number of rotatable bonds is 3. The van der Waals surface area contributed by atoms with Crippen molar-refractivity contribution >= 4 is 10.9 Å². The highest BCUT2D eigenvalue weighted by molar-refractivity contribution is 5.82. The molecule has 0 bridgehead atoms. The Balaban J connectivity index is 2.40. The number of hydrogen-bond acceptors (Lipinski definition) is 2. The second-order valence-corrected chi connectivity index (χ2v) is 3.68. The minimum Gasteiger partial charge on any atom is -0.388 e. The van der Waals surface area contributed by atoms with E-state index in [0.29, 0.717) is 12.8 Å². The largest absolute Gasteiger partial charge is 0.388 e. The summed E-state index contributed by atoms with van der Waals surface area (Å²) in [5, 5.41) is 11.0. The molecule has 2 heteroatoms. The van der Waals surface area contributed by atoms with Crippen molar-refractivity contribution in [2.24, 2.45) is 0 Å². The fourth-order valence-corrected chi connectivity index (χ4v) is 1.78. The summed E-state index contributed by atoms with van der Waals surface area (Å²) in [6.45, 7) is 0. The number of pyridine rings is 1. The highest BCUT2D eigenvalue weighted by atomic mass is 16.3. The number of fused-ring (bicyclic) bond motifs is 1. The summed E-state index contributed by atoms with van der Waals surface area (Å²) in [6.07, 6.45) is 7.57. The minimum absolute atomic E-state index is 0.510. The van der Waals surface area contributed by atoms with Crippen molar-refractivity contribution in [2.75, 3.05) is 0 Å². The van der Waals surface area contributed by atoms with Crippen molar-refractivity contribution in [1.82, 2.24) is 4.98 Å². The van der Waals surface area contributed by atoms with Gasteiger partial charge in [-0.1, -0.05) is 18.2 Å². The van der Waals surface area contributed by atoms with E-state index in [1.54, 1.807) is 6.20 Å². The van der Waals surface area contributed by atoms with Crippen LogP contribution in [0.3, 0.4) is 0 Å². The van der Waals surface area contributed by atoms with Crippen molar-refractivity contribution in [3.63, 3.8) is 0 Å². The van der Waals surface area contributed by atoms with Crippen molar-refractivity contribution in [3.05, 3.63) is 42.1 Å².